The zero-order valence-corrected chi connectivity index (χ0v) is 14.2. The molecule has 1 unspecified atom stereocenters. The second kappa shape index (κ2) is 6.32. The van der Waals surface area contributed by atoms with Gasteiger partial charge in [0.2, 0.25) is 0 Å². The molecule has 1 saturated carbocycles. The monoisotopic (exact) mass is 337 g/mol. The summed E-state index contributed by atoms with van der Waals surface area (Å²) in [6.45, 7) is 1.62. The van der Waals surface area contributed by atoms with E-state index in [9.17, 15) is 4.39 Å². The van der Waals surface area contributed by atoms with Crippen LogP contribution >= 0.6 is 0 Å². The SMILES string of the molecule is CN(c1ccnc(C2CC2)n1)C1CCN(c2cc(F)cc(C#N)c2)C1. The summed E-state index contributed by atoms with van der Waals surface area (Å²) in [4.78, 5) is 13.4. The first-order valence-electron chi connectivity index (χ1n) is 8.65. The number of nitrogens with zero attached hydrogens (tertiary/aromatic N) is 5. The number of anilines is 2. The fraction of sp³-hybridized carbons (Fsp3) is 0.421. The van der Waals surface area contributed by atoms with E-state index in [4.69, 9.17) is 10.2 Å². The van der Waals surface area contributed by atoms with Gasteiger partial charge in [-0.15, -0.1) is 0 Å². The van der Waals surface area contributed by atoms with Gasteiger partial charge >= 0.3 is 0 Å². The van der Waals surface area contributed by atoms with Crippen molar-refractivity contribution in [2.24, 2.45) is 0 Å². The van der Waals surface area contributed by atoms with Gasteiger partial charge in [0.05, 0.1) is 11.6 Å². The summed E-state index contributed by atoms with van der Waals surface area (Å²) in [5.41, 5.74) is 1.13. The second-order valence-electron chi connectivity index (χ2n) is 6.86. The standard InChI is InChI=1S/C19H20FN5/c1-24(18-4-6-22-19(23-18)14-2-3-14)16-5-7-25(12-16)17-9-13(11-21)8-15(20)10-17/h4,6,8-10,14,16H,2-3,5,7,12H2,1H3. The van der Waals surface area contributed by atoms with Gasteiger partial charge in [-0.25, -0.2) is 14.4 Å². The van der Waals surface area contributed by atoms with Crippen LogP contribution in [0.1, 0.15) is 36.6 Å². The van der Waals surface area contributed by atoms with Crippen molar-refractivity contribution < 1.29 is 4.39 Å². The van der Waals surface area contributed by atoms with E-state index in [0.29, 0.717) is 17.5 Å². The van der Waals surface area contributed by atoms with Crippen LogP contribution in [0, 0.1) is 17.1 Å². The van der Waals surface area contributed by atoms with Crippen molar-refractivity contribution >= 4 is 11.5 Å². The number of benzene rings is 1. The summed E-state index contributed by atoms with van der Waals surface area (Å²) < 4.78 is 13.7. The molecular weight excluding hydrogens is 317 g/mol. The lowest BCUT2D eigenvalue weighted by molar-refractivity contribution is 0.626. The lowest BCUT2D eigenvalue weighted by atomic mass is 10.2. The summed E-state index contributed by atoms with van der Waals surface area (Å²) >= 11 is 0. The topological polar surface area (TPSA) is 56.1 Å². The van der Waals surface area contributed by atoms with Gasteiger partial charge in [0.15, 0.2) is 0 Å². The first-order valence-corrected chi connectivity index (χ1v) is 8.65. The van der Waals surface area contributed by atoms with Gasteiger partial charge in [-0.3, -0.25) is 0 Å². The summed E-state index contributed by atoms with van der Waals surface area (Å²) in [6.07, 6.45) is 5.18. The van der Waals surface area contributed by atoms with Crippen molar-refractivity contribution in [3.63, 3.8) is 0 Å². The van der Waals surface area contributed by atoms with Crippen molar-refractivity contribution in [3.8, 4) is 6.07 Å². The molecule has 1 saturated heterocycles. The Morgan fingerprint density at radius 2 is 2.12 bits per heavy atom. The van der Waals surface area contributed by atoms with Gasteiger partial charge in [-0.1, -0.05) is 0 Å². The highest BCUT2D eigenvalue weighted by molar-refractivity contribution is 5.54. The van der Waals surface area contributed by atoms with E-state index in [1.165, 1.54) is 25.0 Å². The third kappa shape index (κ3) is 3.27. The van der Waals surface area contributed by atoms with E-state index in [2.05, 4.69) is 21.8 Å². The Kier molecular flexibility index (Phi) is 4.00. The molecule has 4 rings (SSSR count). The zero-order valence-electron chi connectivity index (χ0n) is 14.2. The lowest BCUT2D eigenvalue weighted by Crippen LogP contribution is -2.35. The Labute approximate surface area is 146 Å². The Balaban J connectivity index is 1.49. The molecular formula is C19H20FN5. The molecule has 0 N–H and O–H groups in total. The third-order valence-electron chi connectivity index (χ3n) is 5.05. The molecule has 2 aliphatic rings. The molecule has 1 atom stereocenters. The number of hydrogen-bond acceptors (Lipinski definition) is 5. The van der Waals surface area contributed by atoms with Crippen LogP contribution in [0.2, 0.25) is 0 Å². The lowest BCUT2D eigenvalue weighted by Gasteiger charge is -2.26. The molecule has 1 aromatic heterocycles. The minimum Gasteiger partial charge on any atom is -0.369 e. The van der Waals surface area contributed by atoms with Crippen LogP contribution in [0.25, 0.3) is 0 Å². The number of likely N-dealkylation sites (N-methyl/N-ethyl adjacent to an activating group) is 1. The molecule has 25 heavy (non-hydrogen) atoms. The first-order chi connectivity index (χ1) is 12.1. The van der Waals surface area contributed by atoms with Crippen molar-refractivity contribution in [2.75, 3.05) is 29.9 Å². The average Bonchev–Trinajstić information content (AvgIpc) is 3.37. The van der Waals surface area contributed by atoms with Crippen LogP contribution in [0.5, 0.6) is 0 Å². The van der Waals surface area contributed by atoms with Gasteiger partial charge < -0.3 is 9.80 Å². The maximum absolute atomic E-state index is 13.7. The molecule has 1 aromatic carbocycles. The summed E-state index contributed by atoms with van der Waals surface area (Å²) in [5, 5.41) is 9.04. The van der Waals surface area contributed by atoms with E-state index in [0.717, 1.165) is 36.8 Å². The Hall–Kier alpha value is -2.68. The van der Waals surface area contributed by atoms with E-state index in [1.807, 2.05) is 18.3 Å². The van der Waals surface area contributed by atoms with Gasteiger partial charge in [-0.2, -0.15) is 5.26 Å². The number of aromatic nitrogens is 2. The minimum absolute atomic E-state index is 0.302. The summed E-state index contributed by atoms with van der Waals surface area (Å²) in [5.74, 6) is 2.06. The zero-order chi connectivity index (χ0) is 17.4. The first kappa shape index (κ1) is 15.8. The molecule has 2 fully saturated rings. The van der Waals surface area contributed by atoms with E-state index in [1.54, 1.807) is 6.07 Å². The summed E-state index contributed by atoms with van der Waals surface area (Å²) in [6, 6.07) is 8.79. The van der Waals surface area contributed by atoms with Crippen molar-refractivity contribution in [1.29, 1.82) is 5.26 Å². The van der Waals surface area contributed by atoms with Crippen molar-refractivity contribution in [2.45, 2.75) is 31.2 Å². The highest BCUT2D eigenvalue weighted by Crippen LogP contribution is 2.38. The van der Waals surface area contributed by atoms with E-state index >= 15 is 0 Å². The molecule has 5 nitrogen and oxygen atoms in total. The molecule has 0 bridgehead atoms. The molecule has 0 spiro atoms. The van der Waals surface area contributed by atoms with Crippen LogP contribution in [-0.4, -0.2) is 36.1 Å². The minimum atomic E-state index is -0.365. The number of nitriles is 1. The highest BCUT2D eigenvalue weighted by Gasteiger charge is 2.29. The van der Waals surface area contributed by atoms with Crippen molar-refractivity contribution in [3.05, 3.63) is 47.7 Å². The molecule has 6 heteroatoms. The van der Waals surface area contributed by atoms with Crippen LogP contribution < -0.4 is 9.80 Å². The van der Waals surface area contributed by atoms with Crippen molar-refractivity contribution in [1.82, 2.24) is 9.97 Å². The fourth-order valence-corrected chi connectivity index (χ4v) is 3.40. The number of rotatable bonds is 4. The Morgan fingerprint density at radius 1 is 1.28 bits per heavy atom. The maximum Gasteiger partial charge on any atom is 0.133 e. The summed E-state index contributed by atoms with van der Waals surface area (Å²) in [7, 11) is 2.06. The highest BCUT2D eigenvalue weighted by atomic mass is 19.1. The van der Waals surface area contributed by atoms with Gasteiger partial charge in [0, 0.05) is 44.0 Å². The third-order valence-corrected chi connectivity index (χ3v) is 5.05. The fourth-order valence-electron chi connectivity index (χ4n) is 3.40. The van der Waals surface area contributed by atoms with E-state index < -0.39 is 0 Å². The van der Waals surface area contributed by atoms with Crippen LogP contribution in [0.15, 0.2) is 30.5 Å². The second-order valence-corrected chi connectivity index (χ2v) is 6.86. The van der Waals surface area contributed by atoms with Crippen LogP contribution in [-0.2, 0) is 0 Å². The molecule has 1 aliphatic heterocycles. The Morgan fingerprint density at radius 3 is 2.88 bits per heavy atom. The van der Waals surface area contributed by atoms with Crippen LogP contribution in [0.4, 0.5) is 15.9 Å². The van der Waals surface area contributed by atoms with Gasteiger partial charge in [0.1, 0.15) is 17.5 Å². The maximum atomic E-state index is 13.7. The smallest absolute Gasteiger partial charge is 0.133 e. The Bertz CT molecular complexity index is 827. The molecule has 1 aliphatic carbocycles. The van der Waals surface area contributed by atoms with Gasteiger partial charge in [-0.05, 0) is 43.5 Å². The molecule has 128 valence electrons. The number of hydrogen-bond donors (Lipinski definition) is 0. The average molecular weight is 337 g/mol. The molecule has 0 radical (unpaired) electrons. The van der Waals surface area contributed by atoms with Gasteiger partial charge in [0.25, 0.3) is 0 Å². The predicted molar refractivity (Wildman–Crippen MR) is 94.1 cm³/mol. The predicted octanol–water partition coefficient (Wildman–Crippen LogP) is 3.08. The quantitative estimate of drug-likeness (QED) is 0.858. The molecule has 2 aromatic rings. The van der Waals surface area contributed by atoms with E-state index in [-0.39, 0.29) is 5.82 Å². The normalized spacial score (nSPS) is 19.7. The molecule has 2 heterocycles. The molecule has 0 amide bonds. The largest absolute Gasteiger partial charge is 0.369 e. The number of halogens is 1. The van der Waals surface area contributed by atoms with Crippen LogP contribution in [0.3, 0.4) is 0 Å².